The van der Waals surface area contributed by atoms with Gasteiger partial charge in [0.05, 0.1) is 17.1 Å². The van der Waals surface area contributed by atoms with Crippen LogP contribution in [0.5, 0.6) is 0 Å². The zero-order valence-corrected chi connectivity index (χ0v) is 16.8. The summed E-state index contributed by atoms with van der Waals surface area (Å²) < 4.78 is 0. The van der Waals surface area contributed by atoms with Crippen molar-refractivity contribution in [2.45, 2.75) is 13.8 Å². The van der Waals surface area contributed by atoms with Crippen molar-refractivity contribution >= 4 is 17.1 Å². The van der Waals surface area contributed by atoms with E-state index in [4.69, 9.17) is 5.10 Å². The smallest absolute Gasteiger partial charge is 0.0984 e. The van der Waals surface area contributed by atoms with E-state index in [0.717, 1.165) is 28.2 Å². The molecule has 2 nitrogen and oxygen atoms in total. The Hall–Kier alpha value is -3.65. The van der Waals surface area contributed by atoms with Gasteiger partial charge in [0.25, 0.3) is 0 Å². The SMILES string of the molecule is Cc1ccc(C(=NN(c2ccccc2)c2ccccc2)c2ccc(C)cc2)cc1. The van der Waals surface area contributed by atoms with E-state index in [0.29, 0.717) is 0 Å². The molecule has 4 aromatic rings. The summed E-state index contributed by atoms with van der Waals surface area (Å²) in [5.74, 6) is 0. The number of hydrogen-bond acceptors (Lipinski definition) is 2. The number of hydrogen-bond donors (Lipinski definition) is 0. The van der Waals surface area contributed by atoms with Gasteiger partial charge in [-0.25, -0.2) is 5.01 Å². The van der Waals surface area contributed by atoms with Crippen molar-refractivity contribution in [3.63, 3.8) is 0 Å². The van der Waals surface area contributed by atoms with Gasteiger partial charge in [-0.1, -0.05) is 96.1 Å². The summed E-state index contributed by atoms with van der Waals surface area (Å²) in [5.41, 5.74) is 7.65. The minimum absolute atomic E-state index is 0.942. The molecule has 4 aromatic carbocycles. The molecule has 0 aliphatic rings. The molecule has 0 unspecified atom stereocenters. The molecule has 0 amide bonds. The lowest BCUT2D eigenvalue weighted by atomic mass is 10.0. The number of hydrazone groups is 1. The van der Waals surface area contributed by atoms with Crippen molar-refractivity contribution in [2.24, 2.45) is 5.10 Å². The predicted molar refractivity (Wildman–Crippen MR) is 123 cm³/mol. The van der Waals surface area contributed by atoms with Gasteiger partial charge in [-0.15, -0.1) is 0 Å². The number of aryl methyl sites for hydroxylation is 2. The molecular formula is C27H24N2. The Morgan fingerprint density at radius 1 is 0.517 bits per heavy atom. The number of para-hydroxylation sites is 2. The standard InChI is InChI=1S/C27H24N2/c1-21-13-17-23(18-14-21)27(24-19-15-22(2)16-20-24)28-29(25-9-5-3-6-10-25)26-11-7-4-8-12-26/h3-20H,1-2H3. The molecule has 0 aromatic heterocycles. The molecule has 0 N–H and O–H groups in total. The maximum atomic E-state index is 5.17. The van der Waals surface area contributed by atoms with Crippen LogP contribution in [0.1, 0.15) is 22.3 Å². The monoisotopic (exact) mass is 376 g/mol. The van der Waals surface area contributed by atoms with E-state index < -0.39 is 0 Å². The van der Waals surface area contributed by atoms with E-state index in [9.17, 15) is 0 Å². The van der Waals surface area contributed by atoms with Gasteiger partial charge < -0.3 is 0 Å². The van der Waals surface area contributed by atoms with Gasteiger partial charge in [0, 0.05) is 11.1 Å². The van der Waals surface area contributed by atoms with Gasteiger partial charge >= 0.3 is 0 Å². The van der Waals surface area contributed by atoms with Crippen molar-refractivity contribution in [3.8, 4) is 0 Å². The molecule has 0 spiro atoms. The number of benzene rings is 4. The summed E-state index contributed by atoms with van der Waals surface area (Å²) >= 11 is 0. The number of nitrogens with zero attached hydrogens (tertiary/aromatic N) is 2. The van der Waals surface area contributed by atoms with Crippen LogP contribution in [0, 0.1) is 13.8 Å². The van der Waals surface area contributed by atoms with Crippen molar-refractivity contribution < 1.29 is 0 Å². The average molecular weight is 377 g/mol. The van der Waals surface area contributed by atoms with E-state index >= 15 is 0 Å². The molecule has 0 radical (unpaired) electrons. The molecular weight excluding hydrogens is 352 g/mol. The third-order valence-electron chi connectivity index (χ3n) is 4.85. The molecule has 0 aliphatic heterocycles. The lowest BCUT2D eigenvalue weighted by molar-refractivity contribution is 1.08. The summed E-state index contributed by atoms with van der Waals surface area (Å²) in [6.45, 7) is 4.21. The zero-order chi connectivity index (χ0) is 20.1. The second-order valence-corrected chi connectivity index (χ2v) is 7.16. The Morgan fingerprint density at radius 3 is 1.28 bits per heavy atom. The second-order valence-electron chi connectivity index (χ2n) is 7.16. The van der Waals surface area contributed by atoms with Crippen LogP contribution >= 0.6 is 0 Å². The van der Waals surface area contributed by atoms with Crippen LogP contribution in [0.3, 0.4) is 0 Å². The van der Waals surface area contributed by atoms with Crippen LogP contribution in [0.4, 0.5) is 11.4 Å². The fourth-order valence-electron chi connectivity index (χ4n) is 3.21. The molecule has 0 atom stereocenters. The van der Waals surface area contributed by atoms with Crippen LogP contribution < -0.4 is 5.01 Å². The van der Waals surface area contributed by atoms with Crippen molar-refractivity contribution in [2.75, 3.05) is 5.01 Å². The topological polar surface area (TPSA) is 15.6 Å². The Balaban J connectivity index is 1.90. The van der Waals surface area contributed by atoms with Crippen molar-refractivity contribution in [1.82, 2.24) is 0 Å². The van der Waals surface area contributed by atoms with E-state index in [1.54, 1.807) is 0 Å². The van der Waals surface area contributed by atoms with Gasteiger partial charge in [0.1, 0.15) is 0 Å². The largest absolute Gasteiger partial charge is 0.233 e. The fraction of sp³-hybridized carbons (Fsp3) is 0.0741. The van der Waals surface area contributed by atoms with Gasteiger partial charge in [-0.2, -0.15) is 5.10 Å². The second kappa shape index (κ2) is 8.57. The van der Waals surface area contributed by atoms with Gasteiger partial charge in [-0.05, 0) is 38.1 Å². The van der Waals surface area contributed by atoms with Crippen molar-refractivity contribution in [3.05, 3.63) is 131 Å². The van der Waals surface area contributed by atoms with E-state index in [2.05, 4.69) is 86.6 Å². The molecule has 0 saturated heterocycles. The summed E-state index contributed by atoms with van der Waals surface area (Å²) in [6, 6.07) is 37.6. The maximum Gasteiger partial charge on any atom is 0.0984 e. The molecule has 0 saturated carbocycles. The van der Waals surface area contributed by atoms with E-state index in [1.165, 1.54) is 11.1 Å². The summed E-state index contributed by atoms with van der Waals surface area (Å²) in [4.78, 5) is 0. The predicted octanol–water partition coefficient (Wildman–Crippen LogP) is 6.89. The molecule has 4 rings (SSSR count). The molecule has 2 heteroatoms. The highest BCUT2D eigenvalue weighted by Crippen LogP contribution is 2.27. The minimum Gasteiger partial charge on any atom is -0.233 e. The first-order valence-electron chi connectivity index (χ1n) is 9.83. The molecule has 0 fully saturated rings. The highest BCUT2D eigenvalue weighted by atomic mass is 15.5. The van der Waals surface area contributed by atoms with Gasteiger partial charge in [0.2, 0.25) is 0 Å². The maximum absolute atomic E-state index is 5.17. The molecule has 142 valence electrons. The first-order valence-corrected chi connectivity index (χ1v) is 9.83. The lowest BCUT2D eigenvalue weighted by Crippen LogP contribution is -2.15. The van der Waals surface area contributed by atoms with E-state index in [1.807, 2.05) is 41.4 Å². The fourth-order valence-corrected chi connectivity index (χ4v) is 3.21. The Labute approximate surface area is 172 Å². The Morgan fingerprint density at radius 2 is 0.897 bits per heavy atom. The van der Waals surface area contributed by atoms with Gasteiger partial charge in [-0.3, -0.25) is 0 Å². The molecule has 29 heavy (non-hydrogen) atoms. The zero-order valence-electron chi connectivity index (χ0n) is 16.8. The summed E-state index contributed by atoms with van der Waals surface area (Å²) in [6.07, 6.45) is 0. The Kier molecular flexibility index (Phi) is 5.53. The highest BCUT2D eigenvalue weighted by molar-refractivity contribution is 6.13. The molecule has 0 bridgehead atoms. The lowest BCUT2D eigenvalue weighted by Gasteiger charge is -2.22. The van der Waals surface area contributed by atoms with Crippen molar-refractivity contribution in [1.29, 1.82) is 0 Å². The quantitative estimate of drug-likeness (QED) is 0.273. The summed E-state index contributed by atoms with van der Waals surface area (Å²) in [5, 5.41) is 7.18. The molecule has 0 aliphatic carbocycles. The van der Waals surface area contributed by atoms with Crippen LogP contribution in [0.2, 0.25) is 0 Å². The van der Waals surface area contributed by atoms with E-state index in [-0.39, 0.29) is 0 Å². The number of anilines is 2. The van der Waals surface area contributed by atoms with Gasteiger partial charge in [0.15, 0.2) is 0 Å². The van der Waals surface area contributed by atoms with Crippen LogP contribution in [-0.4, -0.2) is 5.71 Å². The van der Waals surface area contributed by atoms with Crippen LogP contribution in [-0.2, 0) is 0 Å². The highest BCUT2D eigenvalue weighted by Gasteiger charge is 2.13. The third-order valence-corrected chi connectivity index (χ3v) is 4.85. The van der Waals surface area contributed by atoms with Crippen LogP contribution in [0.25, 0.3) is 0 Å². The third kappa shape index (κ3) is 4.44. The minimum atomic E-state index is 0.942. The molecule has 0 heterocycles. The normalized spacial score (nSPS) is 10.4. The summed E-state index contributed by atoms with van der Waals surface area (Å²) in [7, 11) is 0. The average Bonchev–Trinajstić information content (AvgIpc) is 2.77. The van der Waals surface area contributed by atoms with Crippen LogP contribution in [0.15, 0.2) is 114 Å². The first-order chi connectivity index (χ1) is 14.2. The first kappa shape index (κ1) is 18.7. The Bertz CT molecular complexity index is 994. The number of rotatable bonds is 5.